The number of nitrogens with zero attached hydrogens (tertiary/aromatic N) is 1. The molecule has 2 N–H and O–H groups in total. The predicted molar refractivity (Wildman–Crippen MR) is 65.3 cm³/mol. The first-order valence-corrected chi connectivity index (χ1v) is 5.84. The van der Waals surface area contributed by atoms with Crippen LogP contribution in [0, 0.1) is 5.92 Å². The highest BCUT2D eigenvalue weighted by Gasteiger charge is 2.51. The number of carbonyl (C=O) groups excluding carboxylic acids is 1. The number of phenolic OH excluding ortho intramolecular Hbond substituents is 1. The monoisotopic (exact) mass is 234 g/mol. The zero-order valence-corrected chi connectivity index (χ0v) is 10.4. The number of benzene rings is 1. The maximum atomic E-state index is 12.1. The molecule has 1 aliphatic heterocycles. The second-order valence-electron chi connectivity index (χ2n) is 5.14. The fraction of sp³-hybridized carbons (Fsp3) is 0.462. The molecule has 1 aromatic carbocycles. The summed E-state index contributed by atoms with van der Waals surface area (Å²) in [5.41, 5.74) is 3.14. The summed E-state index contributed by atoms with van der Waals surface area (Å²) in [5.74, 6) is 0.360. The Morgan fingerprint density at radius 1 is 1.47 bits per heavy atom. The minimum atomic E-state index is -0.270. The first-order valence-electron chi connectivity index (χ1n) is 5.84. The Morgan fingerprint density at radius 3 is 2.71 bits per heavy atom. The maximum Gasteiger partial charge on any atom is 0.273 e. The lowest BCUT2D eigenvalue weighted by atomic mass is 10.0. The van der Waals surface area contributed by atoms with E-state index < -0.39 is 0 Å². The molecule has 1 aromatic rings. The van der Waals surface area contributed by atoms with E-state index in [0.717, 1.165) is 6.42 Å². The van der Waals surface area contributed by atoms with Crippen molar-refractivity contribution in [2.45, 2.75) is 32.9 Å². The van der Waals surface area contributed by atoms with E-state index in [0.29, 0.717) is 11.5 Å². The van der Waals surface area contributed by atoms with E-state index >= 15 is 0 Å². The lowest BCUT2D eigenvalue weighted by Gasteiger charge is -2.11. The molecule has 1 saturated heterocycles. The minimum Gasteiger partial charge on any atom is -0.507 e. The molecular formula is C13H18N2O2. The molecule has 0 spiro atoms. The molecule has 0 saturated carbocycles. The zero-order valence-electron chi connectivity index (χ0n) is 10.4. The second-order valence-corrected chi connectivity index (χ2v) is 5.14. The number of carbonyl (C=O) groups is 1. The first-order chi connectivity index (χ1) is 7.94. The SMILES string of the molecule is CC(C)CC1(C)NN1C(=O)c1ccccc1O. The molecule has 0 aromatic heterocycles. The maximum absolute atomic E-state index is 12.1. The third-order valence-electron chi connectivity index (χ3n) is 2.94. The van der Waals surface area contributed by atoms with Crippen LogP contribution in [0.2, 0.25) is 0 Å². The number of hydrogen-bond donors (Lipinski definition) is 2. The summed E-state index contributed by atoms with van der Waals surface area (Å²) in [5, 5.41) is 11.2. The van der Waals surface area contributed by atoms with Gasteiger partial charge in [-0.15, -0.1) is 0 Å². The summed E-state index contributed by atoms with van der Waals surface area (Å²) >= 11 is 0. The molecule has 1 fully saturated rings. The highest BCUT2D eigenvalue weighted by atomic mass is 16.3. The van der Waals surface area contributed by atoms with Crippen molar-refractivity contribution in [3.8, 4) is 5.75 Å². The molecule has 17 heavy (non-hydrogen) atoms. The number of hydrogen-bond acceptors (Lipinski definition) is 3. The summed E-state index contributed by atoms with van der Waals surface area (Å²) in [4.78, 5) is 12.1. The standard InChI is InChI=1S/C13H18N2O2/c1-9(2)8-13(3)14-15(13)12(17)10-6-4-5-7-11(10)16/h4-7,9,14,16H,8H2,1-3H3. The number of amides is 1. The van der Waals surface area contributed by atoms with Crippen LogP contribution in [0.4, 0.5) is 0 Å². The average molecular weight is 234 g/mol. The van der Waals surface area contributed by atoms with Crippen LogP contribution < -0.4 is 5.43 Å². The van der Waals surface area contributed by atoms with Crippen molar-refractivity contribution in [2.75, 3.05) is 0 Å². The van der Waals surface area contributed by atoms with Gasteiger partial charge in [0.25, 0.3) is 5.91 Å². The van der Waals surface area contributed by atoms with Crippen LogP contribution in [0.1, 0.15) is 37.6 Å². The van der Waals surface area contributed by atoms with Crippen LogP contribution in [0.25, 0.3) is 0 Å². The Labute approximate surface area is 101 Å². The normalized spacial score (nSPS) is 22.9. The third-order valence-corrected chi connectivity index (χ3v) is 2.94. The van der Waals surface area contributed by atoms with Gasteiger partial charge in [0.05, 0.1) is 5.56 Å². The van der Waals surface area contributed by atoms with E-state index in [2.05, 4.69) is 19.3 Å². The van der Waals surface area contributed by atoms with Gasteiger partial charge in [-0.2, -0.15) is 0 Å². The van der Waals surface area contributed by atoms with E-state index in [1.165, 1.54) is 6.07 Å². The highest BCUT2D eigenvalue weighted by Crippen LogP contribution is 2.34. The van der Waals surface area contributed by atoms with Gasteiger partial charge >= 0.3 is 0 Å². The largest absolute Gasteiger partial charge is 0.507 e. The molecule has 1 heterocycles. The number of phenols is 1. The van der Waals surface area contributed by atoms with Crippen LogP contribution in [0.15, 0.2) is 24.3 Å². The minimum absolute atomic E-state index is 0.0260. The number of para-hydroxylation sites is 1. The summed E-state index contributed by atoms with van der Waals surface area (Å²) in [6.45, 7) is 6.23. The van der Waals surface area contributed by atoms with Crippen molar-refractivity contribution in [2.24, 2.45) is 5.92 Å². The van der Waals surface area contributed by atoms with Gasteiger partial charge in [-0.3, -0.25) is 4.79 Å². The first kappa shape index (κ1) is 11.9. The van der Waals surface area contributed by atoms with Crippen molar-refractivity contribution in [1.29, 1.82) is 0 Å². The summed E-state index contributed by atoms with van der Waals surface area (Å²) in [6.07, 6.45) is 0.895. The van der Waals surface area contributed by atoms with Gasteiger partial charge in [0.15, 0.2) is 0 Å². The molecule has 92 valence electrons. The lowest BCUT2D eigenvalue weighted by molar-refractivity contribution is 0.0840. The smallest absolute Gasteiger partial charge is 0.273 e. The van der Waals surface area contributed by atoms with Gasteiger partial charge in [-0.25, -0.2) is 10.4 Å². The molecule has 1 unspecified atom stereocenters. The highest BCUT2D eigenvalue weighted by molar-refractivity contribution is 5.98. The van der Waals surface area contributed by atoms with Gasteiger partial charge in [0, 0.05) is 0 Å². The van der Waals surface area contributed by atoms with Crippen molar-refractivity contribution >= 4 is 5.91 Å². The quantitative estimate of drug-likeness (QED) is 0.787. The molecule has 1 atom stereocenters. The van der Waals surface area contributed by atoms with Gasteiger partial charge in [-0.05, 0) is 31.4 Å². The molecule has 4 heteroatoms. The average Bonchev–Trinajstić information content (AvgIpc) is 2.88. The molecule has 2 rings (SSSR count). The Balaban J connectivity index is 2.12. The molecule has 0 radical (unpaired) electrons. The Morgan fingerprint density at radius 2 is 2.12 bits per heavy atom. The van der Waals surface area contributed by atoms with E-state index in [1.807, 2.05) is 6.92 Å². The fourth-order valence-corrected chi connectivity index (χ4v) is 2.20. The number of hydrazine groups is 1. The van der Waals surface area contributed by atoms with E-state index in [1.54, 1.807) is 23.2 Å². The molecule has 1 aliphatic rings. The number of nitrogens with one attached hydrogen (secondary N) is 1. The second kappa shape index (κ2) is 4.04. The van der Waals surface area contributed by atoms with E-state index in [9.17, 15) is 9.90 Å². The lowest BCUT2D eigenvalue weighted by Crippen LogP contribution is -2.22. The van der Waals surface area contributed by atoms with Gasteiger partial charge in [0.1, 0.15) is 11.4 Å². The van der Waals surface area contributed by atoms with Crippen molar-refractivity contribution < 1.29 is 9.90 Å². The van der Waals surface area contributed by atoms with Crippen LogP contribution in [0.3, 0.4) is 0 Å². The van der Waals surface area contributed by atoms with Crippen molar-refractivity contribution in [1.82, 2.24) is 10.4 Å². The Kier molecular flexibility index (Phi) is 2.83. The van der Waals surface area contributed by atoms with Crippen molar-refractivity contribution in [3.05, 3.63) is 29.8 Å². The molecule has 1 amide bonds. The predicted octanol–water partition coefficient (Wildman–Crippen LogP) is 2.11. The van der Waals surface area contributed by atoms with Crippen molar-refractivity contribution in [3.63, 3.8) is 0 Å². The van der Waals surface area contributed by atoms with E-state index in [4.69, 9.17) is 0 Å². The summed E-state index contributed by atoms with van der Waals surface area (Å²) in [6, 6.07) is 6.61. The van der Waals surface area contributed by atoms with Crippen LogP contribution in [-0.2, 0) is 0 Å². The molecule has 0 bridgehead atoms. The summed E-state index contributed by atoms with van der Waals surface area (Å²) in [7, 11) is 0. The Hall–Kier alpha value is -1.55. The van der Waals surface area contributed by atoms with Gasteiger partial charge in [-0.1, -0.05) is 26.0 Å². The van der Waals surface area contributed by atoms with Crippen LogP contribution >= 0.6 is 0 Å². The fourth-order valence-electron chi connectivity index (χ4n) is 2.20. The third kappa shape index (κ3) is 2.26. The molecule has 0 aliphatic carbocycles. The Bertz CT molecular complexity index is 445. The molecular weight excluding hydrogens is 216 g/mol. The molecule has 4 nitrogen and oxygen atoms in total. The number of aromatic hydroxyl groups is 1. The van der Waals surface area contributed by atoms with Gasteiger partial charge in [0.2, 0.25) is 0 Å². The van der Waals surface area contributed by atoms with Crippen LogP contribution in [0.5, 0.6) is 5.75 Å². The number of rotatable bonds is 3. The van der Waals surface area contributed by atoms with Gasteiger partial charge < -0.3 is 5.11 Å². The zero-order chi connectivity index (χ0) is 12.6. The topological polar surface area (TPSA) is 62.2 Å². The van der Waals surface area contributed by atoms with Crippen LogP contribution in [-0.4, -0.2) is 21.7 Å². The summed E-state index contributed by atoms with van der Waals surface area (Å²) < 4.78 is 0. The van der Waals surface area contributed by atoms with E-state index in [-0.39, 0.29) is 17.3 Å².